The van der Waals surface area contributed by atoms with Crippen molar-refractivity contribution in [3.8, 4) is 0 Å². The topological polar surface area (TPSA) is 40.5 Å². The summed E-state index contributed by atoms with van der Waals surface area (Å²) in [6.45, 7) is 8.69. The van der Waals surface area contributed by atoms with Crippen LogP contribution >= 0.6 is 0 Å². The Balaban J connectivity index is 2.06. The number of aromatic carboxylic acids is 1. The zero-order chi connectivity index (χ0) is 12.4. The van der Waals surface area contributed by atoms with Crippen LogP contribution in [0.2, 0.25) is 0 Å². The number of carboxylic acid groups (broad SMARTS) is 1. The van der Waals surface area contributed by atoms with E-state index in [-0.39, 0.29) is 0 Å². The van der Waals surface area contributed by atoms with Gasteiger partial charge in [-0.25, -0.2) is 4.79 Å². The molecule has 1 N–H and O–H groups in total. The van der Waals surface area contributed by atoms with Gasteiger partial charge in [0.25, 0.3) is 0 Å². The molecule has 1 heterocycles. The van der Waals surface area contributed by atoms with Gasteiger partial charge in [-0.2, -0.15) is 0 Å². The monoisotopic (exact) mass is 231 g/mol. The van der Waals surface area contributed by atoms with E-state index < -0.39 is 5.97 Å². The van der Waals surface area contributed by atoms with Crippen molar-refractivity contribution in [1.29, 1.82) is 0 Å². The number of hydrogen-bond donors (Lipinski definition) is 1. The summed E-state index contributed by atoms with van der Waals surface area (Å²) < 4.78 is 0. The van der Waals surface area contributed by atoms with E-state index in [1.165, 1.54) is 11.1 Å². The van der Waals surface area contributed by atoms with Crippen molar-refractivity contribution in [3.05, 3.63) is 47.0 Å². The van der Waals surface area contributed by atoms with Crippen molar-refractivity contribution < 1.29 is 9.90 Å². The largest absolute Gasteiger partial charge is 0.478 e. The molecule has 3 nitrogen and oxygen atoms in total. The van der Waals surface area contributed by atoms with Crippen LogP contribution < -0.4 is 0 Å². The van der Waals surface area contributed by atoms with Gasteiger partial charge in [0.1, 0.15) is 0 Å². The number of carboxylic acids is 1. The summed E-state index contributed by atoms with van der Waals surface area (Å²) in [5.74, 6) is -0.854. The highest BCUT2D eigenvalue weighted by Crippen LogP contribution is 2.24. The smallest absolute Gasteiger partial charge is 0.335 e. The Morgan fingerprint density at radius 2 is 2.12 bits per heavy atom. The molecule has 1 aromatic rings. The Labute approximate surface area is 101 Å². The minimum absolute atomic E-state index is 0.380. The molecule has 0 bridgehead atoms. The van der Waals surface area contributed by atoms with Gasteiger partial charge in [0, 0.05) is 19.6 Å². The van der Waals surface area contributed by atoms with E-state index in [1.807, 2.05) is 13.0 Å². The van der Waals surface area contributed by atoms with Crippen molar-refractivity contribution in [2.24, 2.45) is 0 Å². The van der Waals surface area contributed by atoms with E-state index in [0.717, 1.165) is 31.6 Å². The lowest BCUT2D eigenvalue weighted by molar-refractivity contribution is 0.0697. The maximum Gasteiger partial charge on any atom is 0.335 e. The molecule has 0 aromatic heterocycles. The van der Waals surface area contributed by atoms with Crippen LogP contribution in [0.25, 0.3) is 0 Å². The highest BCUT2D eigenvalue weighted by atomic mass is 16.4. The van der Waals surface area contributed by atoms with Gasteiger partial charge in [-0.05, 0) is 36.6 Å². The van der Waals surface area contributed by atoms with Crippen molar-refractivity contribution in [2.45, 2.75) is 26.4 Å². The van der Waals surface area contributed by atoms with E-state index >= 15 is 0 Å². The van der Waals surface area contributed by atoms with Crippen LogP contribution in [0.5, 0.6) is 0 Å². The van der Waals surface area contributed by atoms with Crippen LogP contribution in [-0.4, -0.2) is 22.5 Å². The first kappa shape index (κ1) is 11.9. The molecule has 0 unspecified atom stereocenters. The Kier molecular flexibility index (Phi) is 3.29. The second kappa shape index (κ2) is 4.72. The molecule has 0 saturated heterocycles. The summed E-state index contributed by atoms with van der Waals surface area (Å²) in [5, 5.41) is 8.93. The highest BCUT2D eigenvalue weighted by molar-refractivity contribution is 5.87. The second-order valence-electron chi connectivity index (χ2n) is 4.71. The summed E-state index contributed by atoms with van der Waals surface area (Å²) in [6.07, 6.45) is 1.000. The Hall–Kier alpha value is -1.61. The molecule has 90 valence electrons. The quantitative estimate of drug-likeness (QED) is 0.810. The minimum Gasteiger partial charge on any atom is -0.478 e. The van der Waals surface area contributed by atoms with Gasteiger partial charge in [0.05, 0.1) is 5.56 Å². The maximum atomic E-state index is 10.9. The van der Waals surface area contributed by atoms with Gasteiger partial charge in [-0.15, -0.1) is 6.58 Å². The second-order valence-corrected chi connectivity index (χ2v) is 4.71. The summed E-state index contributed by atoms with van der Waals surface area (Å²) in [5.41, 5.74) is 3.96. The van der Waals surface area contributed by atoms with Crippen LogP contribution in [0.3, 0.4) is 0 Å². The third-order valence-electron chi connectivity index (χ3n) is 3.10. The van der Waals surface area contributed by atoms with Crippen LogP contribution in [0.1, 0.15) is 34.8 Å². The lowest BCUT2D eigenvalue weighted by atomic mass is 10.1. The number of rotatable bonds is 4. The fraction of sp³-hybridized carbons (Fsp3) is 0.357. The lowest BCUT2D eigenvalue weighted by Crippen LogP contribution is -2.17. The standard InChI is InChI=1S/C14H17NO2/c1-10(2)5-6-15-8-12-4-3-11(14(16)17)7-13(12)9-15/h3-4,7H,1,5-6,8-9H2,2H3,(H,16,17). The fourth-order valence-corrected chi connectivity index (χ4v) is 2.11. The number of fused-ring (bicyclic) bond motifs is 1. The van der Waals surface area contributed by atoms with Crippen LogP contribution in [0.15, 0.2) is 30.4 Å². The van der Waals surface area contributed by atoms with Crippen LogP contribution in [0, 0.1) is 0 Å². The Bertz CT molecular complexity index is 465. The summed E-state index contributed by atoms with van der Waals surface area (Å²) >= 11 is 0. The fourth-order valence-electron chi connectivity index (χ4n) is 2.11. The average molecular weight is 231 g/mol. The van der Waals surface area contributed by atoms with E-state index in [9.17, 15) is 4.79 Å². The zero-order valence-corrected chi connectivity index (χ0v) is 10.1. The van der Waals surface area contributed by atoms with Gasteiger partial charge in [-0.3, -0.25) is 4.90 Å². The molecule has 0 aliphatic carbocycles. The van der Waals surface area contributed by atoms with Crippen molar-refractivity contribution >= 4 is 5.97 Å². The third-order valence-corrected chi connectivity index (χ3v) is 3.10. The van der Waals surface area contributed by atoms with Gasteiger partial charge in [0.15, 0.2) is 0 Å². The van der Waals surface area contributed by atoms with Crippen molar-refractivity contribution in [2.75, 3.05) is 6.54 Å². The van der Waals surface area contributed by atoms with E-state index in [0.29, 0.717) is 5.56 Å². The van der Waals surface area contributed by atoms with Crippen LogP contribution in [-0.2, 0) is 13.1 Å². The van der Waals surface area contributed by atoms with Gasteiger partial charge in [0.2, 0.25) is 0 Å². The molecule has 0 atom stereocenters. The zero-order valence-electron chi connectivity index (χ0n) is 10.1. The van der Waals surface area contributed by atoms with Gasteiger partial charge < -0.3 is 5.11 Å². The maximum absolute atomic E-state index is 10.9. The van der Waals surface area contributed by atoms with Crippen LogP contribution in [0.4, 0.5) is 0 Å². The predicted octanol–water partition coefficient (Wildman–Crippen LogP) is 2.67. The molecule has 17 heavy (non-hydrogen) atoms. The normalized spacial score (nSPS) is 14.6. The third kappa shape index (κ3) is 2.74. The van der Waals surface area contributed by atoms with E-state index in [1.54, 1.807) is 12.1 Å². The van der Waals surface area contributed by atoms with Gasteiger partial charge >= 0.3 is 5.97 Å². The molecule has 0 radical (unpaired) electrons. The van der Waals surface area contributed by atoms with E-state index in [4.69, 9.17) is 5.11 Å². The number of nitrogens with zero attached hydrogens (tertiary/aromatic N) is 1. The predicted molar refractivity (Wildman–Crippen MR) is 66.9 cm³/mol. The first-order chi connectivity index (χ1) is 8.06. The molecular formula is C14H17NO2. The first-order valence-corrected chi connectivity index (χ1v) is 5.78. The Morgan fingerprint density at radius 1 is 1.41 bits per heavy atom. The summed E-state index contributed by atoms with van der Waals surface area (Å²) in [6, 6.07) is 5.40. The average Bonchev–Trinajstić information content (AvgIpc) is 2.67. The molecular weight excluding hydrogens is 214 g/mol. The molecule has 0 spiro atoms. The molecule has 3 heteroatoms. The SMILES string of the molecule is C=C(C)CCN1Cc2ccc(C(=O)O)cc2C1. The first-order valence-electron chi connectivity index (χ1n) is 5.78. The molecule has 0 amide bonds. The molecule has 0 fully saturated rings. The lowest BCUT2D eigenvalue weighted by Gasteiger charge is -2.13. The molecule has 2 rings (SSSR count). The Morgan fingerprint density at radius 3 is 2.76 bits per heavy atom. The highest BCUT2D eigenvalue weighted by Gasteiger charge is 2.19. The van der Waals surface area contributed by atoms with E-state index in [2.05, 4.69) is 11.5 Å². The summed E-state index contributed by atoms with van der Waals surface area (Å²) in [7, 11) is 0. The summed E-state index contributed by atoms with van der Waals surface area (Å²) in [4.78, 5) is 13.2. The molecule has 1 aliphatic heterocycles. The molecule has 1 aliphatic rings. The molecule has 1 aromatic carbocycles. The van der Waals surface area contributed by atoms with Crippen molar-refractivity contribution in [1.82, 2.24) is 4.90 Å². The number of hydrogen-bond acceptors (Lipinski definition) is 2. The van der Waals surface area contributed by atoms with Gasteiger partial charge in [-0.1, -0.05) is 11.6 Å². The number of benzene rings is 1. The minimum atomic E-state index is -0.854. The number of carbonyl (C=O) groups is 1. The van der Waals surface area contributed by atoms with Crippen molar-refractivity contribution in [3.63, 3.8) is 0 Å². The molecule has 0 saturated carbocycles.